The van der Waals surface area contributed by atoms with Gasteiger partial charge in [-0.3, -0.25) is 5.84 Å². The molecule has 0 aliphatic heterocycles. The minimum atomic E-state index is -4.42. The third-order valence-corrected chi connectivity index (χ3v) is 3.35. The minimum absolute atomic E-state index is 0.263. The van der Waals surface area contributed by atoms with E-state index in [4.69, 9.17) is 17.4 Å². The molecule has 0 heterocycles. The van der Waals surface area contributed by atoms with Gasteiger partial charge < -0.3 is 0 Å². The molecule has 0 saturated carbocycles. The van der Waals surface area contributed by atoms with Gasteiger partial charge in [0.25, 0.3) is 0 Å². The Labute approximate surface area is 123 Å². The summed E-state index contributed by atoms with van der Waals surface area (Å²) >= 11 is 5.98. The Bertz CT molecular complexity index is 626. The molecule has 2 aromatic carbocycles. The van der Waals surface area contributed by atoms with Crippen LogP contribution in [0.3, 0.4) is 0 Å². The summed E-state index contributed by atoms with van der Waals surface area (Å²) in [7, 11) is 0. The normalized spacial score (nSPS) is 13.2. The maximum atomic E-state index is 13.3. The Morgan fingerprint density at radius 3 is 2.19 bits per heavy atom. The summed E-state index contributed by atoms with van der Waals surface area (Å²) in [6.07, 6.45) is -4.42. The van der Waals surface area contributed by atoms with Gasteiger partial charge in [-0.1, -0.05) is 23.7 Å². The number of benzene rings is 2. The highest BCUT2D eigenvalue weighted by Gasteiger charge is 2.30. The molecule has 2 aromatic rings. The van der Waals surface area contributed by atoms with E-state index in [1.54, 1.807) is 0 Å². The molecule has 0 radical (unpaired) electrons. The fraction of sp³-hybridized carbons (Fsp3) is 0.143. The summed E-state index contributed by atoms with van der Waals surface area (Å²) in [5, 5.41) is 0.263. The fourth-order valence-corrected chi connectivity index (χ4v) is 2.19. The lowest BCUT2D eigenvalue weighted by Gasteiger charge is -2.19. The number of nitrogens with two attached hydrogens (primary N) is 1. The van der Waals surface area contributed by atoms with Crippen molar-refractivity contribution in [1.82, 2.24) is 5.43 Å². The summed E-state index contributed by atoms with van der Waals surface area (Å²) in [4.78, 5) is 0. The van der Waals surface area contributed by atoms with E-state index in [9.17, 15) is 17.6 Å². The predicted octanol–water partition coefficient (Wildman–Crippen LogP) is 4.05. The lowest BCUT2D eigenvalue weighted by Crippen LogP contribution is -2.29. The van der Waals surface area contributed by atoms with E-state index in [0.717, 1.165) is 12.1 Å². The van der Waals surface area contributed by atoms with Crippen molar-refractivity contribution in [2.75, 3.05) is 0 Å². The van der Waals surface area contributed by atoms with Gasteiger partial charge in [-0.05, 0) is 41.5 Å². The monoisotopic (exact) mass is 318 g/mol. The van der Waals surface area contributed by atoms with Gasteiger partial charge in [-0.25, -0.2) is 9.82 Å². The van der Waals surface area contributed by atoms with Crippen molar-refractivity contribution in [1.29, 1.82) is 0 Å². The first kappa shape index (κ1) is 15.8. The van der Waals surface area contributed by atoms with Crippen molar-refractivity contribution in [2.24, 2.45) is 5.84 Å². The van der Waals surface area contributed by atoms with Crippen LogP contribution in [0.1, 0.15) is 22.7 Å². The molecular weight excluding hydrogens is 308 g/mol. The van der Waals surface area contributed by atoms with E-state index >= 15 is 0 Å². The summed E-state index contributed by atoms with van der Waals surface area (Å²) < 4.78 is 50.9. The van der Waals surface area contributed by atoms with Crippen molar-refractivity contribution in [3.05, 3.63) is 70.0 Å². The smallest absolute Gasteiger partial charge is 0.271 e. The molecule has 0 spiro atoms. The molecule has 7 heteroatoms. The Balaban J connectivity index is 2.40. The fourth-order valence-electron chi connectivity index (χ4n) is 1.97. The minimum Gasteiger partial charge on any atom is -0.271 e. The second-order valence-electron chi connectivity index (χ2n) is 4.39. The molecular formula is C14H11ClF4N2. The van der Waals surface area contributed by atoms with Crippen LogP contribution in [-0.2, 0) is 6.18 Å². The molecule has 0 fully saturated rings. The summed E-state index contributed by atoms with van der Waals surface area (Å²) in [5.74, 6) is 4.91. The van der Waals surface area contributed by atoms with E-state index in [-0.39, 0.29) is 5.02 Å². The van der Waals surface area contributed by atoms with Crippen LogP contribution in [-0.4, -0.2) is 0 Å². The van der Waals surface area contributed by atoms with Crippen LogP contribution >= 0.6 is 11.6 Å². The highest BCUT2D eigenvalue weighted by atomic mass is 35.5. The Morgan fingerprint density at radius 2 is 1.67 bits per heavy atom. The third-order valence-electron chi connectivity index (χ3n) is 3.01. The van der Waals surface area contributed by atoms with Gasteiger partial charge in [0.1, 0.15) is 5.82 Å². The maximum Gasteiger partial charge on any atom is 0.416 e. The summed E-state index contributed by atoms with van der Waals surface area (Å²) in [5.41, 5.74) is 2.45. The average molecular weight is 319 g/mol. The molecule has 0 bridgehead atoms. The molecule has 0 aliphatic rings. The predicted molar refractivity (Wildman–Crippen MR) is 72.0 cm³/mol. The Kier molecular flexibility index (Phi) is 4.51. The second kappa shape index (κ2) is 6.01. The molecule has 0 saturated heterocycles. The number of hydrogen-bond acceptors (Lipinski definition) is 2. The largest absolute Gasteiger partial charge is 0.416 e. The first-order valence-corrected chi connectivity index (χ1v) is 6.29. The molecule has 2 nitrogen and oxygen atoms in total. The molecule has 0 aliphatic carbocycles. The summed E-state index contributed by atoms with van der Waals surface area (Å²) in [6.45, 7) is 0. The van der Waals surface area contributed by atoms with Crippen LogP contribution in [0.5, 0.6) is 0 Å². The van der Waals surface area contributed by atoms with Gasteiger partial charge in [0.15, 0.2) is 0 Å². The number of rotatable bonds is 3. The van der Waals surface area contributed by atoms with Crippen molar-refractivity contribution in [2.45, 2.75) is 12.2 Å². The van der Waals surface area contributed by atoms with Gasteiger partial charge >= 0.3 is 6.18 Å². The topological polar surface area (TPSA) is 38.0 Å². The zero-order valence-electron chi connectivity index (χ0n) is 10.6. The first-order chi connectivity index (χ1) is 9.82. The average Bonchev–Trinajstić information content (AvgIpc) is 2.43. The highest BCUT2D eigenvalue weighted by Crippen LogP contribution is 2.32. The molecule has 21 heavy (non-hydrogen) atoms. The lowest BCUT2D eigenvalue weighted by atomic mass is 9.98. The van der Waals surface area contributed by atoms with Crippen LogP contribution in [0.2, 0.25) is 5.02 Å². The van der Waals surface area contributed by atoms with Gasteiger partial charge in [0.05, 0.1) is 11.6 Å². The molecule has 112 valence electrons. The van der Waals surface area contributed by atoms with Crippen LogP contribution in [0, 0.1) is 5.82 Å². The third kappa shape index (κ3) is 3.53. The SMILES string of the molecule is NNC(c1ccc(C(F)(F)F)cc1)c1cc(F)ccc1Cl. The molecule has 0 amide bonds. The quantitative estimate of drug-likeness (QED) is 0.509. The summed E-state index contributed by atoms with van der Waals surface area (Å²) in [6, 6.07) is 7.44. The van der Waals surface area contributed by atoms with Crippen molar-refractivity contribution >= 4 is 11.6 Å². The number of halogens is 5. The Hall–Kier alpha value is -1.63. The van der Waals surface area contributed by atoms with Crippen molar-refractivity contribution in [3.8, 4) is 0 Å². The number of alkyl halides is 3. The van der Waals surface area contributed by atoms with Crippen molar-refractivity contribution < 1.29 is 17.6 Å². The molecule has 0 aromatic heterocycles. The maximum absolute atomic E-state index is 13.3. The lowest BCUT2D eigenvalue weighted by molar-refractivity contribution is -0.137. The van der Waals surface area contributed by atoms with E-state index in [1.165, 1.54) is 30.3 Å². The van der Waals surface area contributed by atoms with Gasteiger partial charge in [-0.15, -0.1) is 0 Å². The van der Waals surface area contributed by atoms with Gasteiger partial charge in [0, 0.05) is 5.02 Å². The Morgan fingerprint density at radius 1 is 1.05 bits per heavy atom. The van der Waals surface area contributed by atoms with Crippen LogP contribution < -0.4 is 11.3 Å². The zero-order valence-corrected chi connectivity index (χ0v) is 11.3. The number of nitrogens with one attached hydrogen (secondary N) is 1. The molecule has 1 unspecified atom stereocenters. The van der Waals surface area contributed by atoms with Gasteiger partial charge in [0.2, 0.25) is 0 Å². The zero-order chi connectivity index (χ0) is 15.6. The van der Waals surface area contributed by atoms with E-state index in [2.05, 4.69) is 5.43 Å². The molecule has 2 rings (SSSR count). The number of hydrogen-bond donors (Lipinski definition) is 2. The number of hydrazine groups is 1. The highest BCUT2D eigenvalue weighted by molar-refractivity contribution is 6.31. The second-order valence-corrected chi connectivity index (χ2v) is 4.79. The van der Waals surface area contributed by atoms with Crippen LogP contribution in [0.15, 0.2) is 42.5 Å². The van der Waals surface area contributed by atoms with Crippen LogP contribution in [0.4, 0.5) is 17.6 Å². The molecule has 1 atom stereocenters. The van der Waals surface area contributed by atoms with Crippen molar-refractivity contribution in [3.63, 3.8) is 0 Å². The molecule has 3 N–H and O–H groups in total. The standard InChI is InChI=1S/C14H11ClF4N2/c15-12-6-5-10(16)7-11(12)13(21-20)8-1-3-9(4-2-8)14(17,18)19/h1-7,13,21H,20H2. The van der Waals surface area contributed by atoms with Crippen LogP contribution in [0.25, 0.3) is 0 Å². The van der Waals surface area contributed by atoms with Gasteiger partial charge in [-0.2, -0.15) is 13.2 Å². The first-order valence-electron chi connectivity index (χ1n) is 5.91. The van der Waals surface area contributed by atoms with E-state index in [0.29, 0.717) is 11.1 Å². The van der Waals surface area contributed by atoms with E-state index < -0.39 is 23.6 Å². The van der Waals surface area contributed by atoms with E-state index in [1.807, 2.05) is 0 Å².